The Kier molecular flexibility index (Phi) is 3.98. The summed E-state index contributed by atoms with van der Waals surface area (Å²) in [6.45, 7) is 2.16. The SMILES string of the molecule is CCCCc1cccc(C(N)=NO)c1. The summed E-state index contributed by atoms with van der Waals surface area (Å²) in [5.41, 5.74) is 7.50. The highest BCUT2D eigenvalue weighted by Gasteiger charge is 1.99. The summed E-state index contributed by atoms with van der Waals surface area (Å²) in [6.07, 6.45) is 3.39. The average molecular weight is 192 g/mol. The second-order valence-electron chi connectivity index (χ2n) is 3.29. The highest BCUT2D eigenvalue weighted by atomic mass is 16.4. The summed E-state index contributed by atoms with van der Waals surface area (Å²) in [5, 5.41) is 11.5. The monoisotopic (exact) mass is 192 g/mol. The highest BCUT2D eigenvalue weighted by Crippen LogP contribution is 2.08. The topological polar surface area (TPSA) is 58.6 Å². The van der Waals surface area contributed by atoms with Gasteiger partial charge in [0.2, 0.25) is 0 Å². The van der Waals surface area contributed by atoms with Gasteiger partial charge < -0.3 is 10.9 Å². The molecule has 0 aliphatic carbocycles. The van der Waals surface area contributed by atoms with E-state index < -0.39 is 0 Å². The normalized spacial score (nSPS) is 11.6. The molecule has 1 aromatic rings. The predicted molar refractivity (Wildman–Crippen MR) is 57.6 cm³/mol. The Morgan fingerprint density at radius 3 is 2.93 bits per heavy atom. The quantitative estimate of drug-likeness (QED) is 0.332. The average Bonchev–Trinajstić information content (AvgIpc) is 2.25. The molecule has 0 aliphatic heterocycles. The number of unbranched alkanes of at least 4 members (excludes halogenated alkanes) is 1. The van der Waals surface area contributed by atoms with Crippen LogP contribution in [0.15, 0.2) is 29.4 Å². The van der Waals surface area contributed by atoms with Gasteiger partial charge in [-0.1, -0.05) is 36.7 Å². The lowest BCUT2D eigenvalue weighted by Crippen LogP contribution is -2.13. The maximum atomic E-state index is 8.52. The Morgan fingerprint density at radius 2 is 2.29 bits per heavy atom. The minimum absolute atomic E-state index is 0.170. The number of hydrogen-bond donors (Lipinski definition) is 2. The van der Waals surface area contributed by atoms with Gasteiger partial charge in [-0.3, -0.25) is 0 Å². The summed E-state index contributed by atoms with van der Waals surface area (Å²) >= 11 is 0. The molecule has 0 heterocycles. The molecule has 0 spiro atoms. The molecule has 0 radical (unpaired) electrons. The Hall–Kier alpha value is -1.51. The van der Waals surface area contributed by atoms with Crippen molar-refractivity contribution in [1.29, 1.82) is 0 Å². The maximum absolute atomic E-state index is 8.52. The van der Waals surface area contributed by atoms with Crippen LogP contribution in [-0.4, -0.2) is 11.0 Å². The van der Waals surface area contributed by atoms with Gasteiger partial charge in [0.25, 0.3) is 0 Å². The predicted octanol–water partition coefficient (Wildman–Crippen LogP) is 2.12. The van der Waals surface area contributed by atoms with Gasteiger partial charge in [-0.25, -0.2) is 0 Å². The molecule has 0 aromatic heterocycles. The third kappa shape index (κ3) is 2.76. The Morgan fingerprint density at radius 1 is 1.50 bits per heavy atom. The second-order valence-corrected chi connectivity index (χ2v) is 3.29. The van der Waals surface area contributed by atoms with E-state index in [4.69, 9.17) is 10.9 Å². The van der Waals surface area contributed by atoms with Crippen LogP contribution in [0.4, 0.5) is 0 Å². The third-order valence-corrected chi connectivity index (χ3v) is 2.15. The zero-order valence-corrected chi connectivity index (χ0v) is 8.40. The van der Waals surface area contributed by atoms with Crippen LogP contribution in [-0.2, 0) is 6.42 Å². The number of nitrogens with two attached hydrogens (primary N) is 1. The fourth-order valence-electron chi connectivity index (χ4n) is 1.32. The van der Waals surface area contributed by atoms with Gasteiger partial charge in [-0.05, 0) is 24.5 Å². The molecular formula is C11H16N2O. The summed E-state index contributed by atoms with van der Waals surface area (Å²) in [7, 11) is 0. The summed E-state index contributed by atoms with van der Waals surface area (Å²) in [6, 6.07) is 7.79. The van der Waals surface area contributed by atoms with Gasteiger partial charge in [0.1, 0.15) is 0 Å². The summed E-state index contributed by atoms with van der Waals surface area (Å²) in [4.78, 5) is 0. The molecule has 14 heavy (non-hydrogen) atoms. The van der Waals surface area contributed by atoms with E-state index in [1.54, 1.807) is 0 Å². The van der Waals surface area contributed by atoms with Gasteiger partial charge in [-0.15, -0.1) is 0 Å². The van der Waals surface area contributed by atoms with Crippen molar-refractivity contribution in [3.63, 3.8) is 0 Å². The lowest BCUT2D eigenvalue weighted by Gasteiger charge is -2.02. The van der Waals surface area contributed by atoms with E-state index in [1.165, 1.54) is 18.4 Å². The van der Waals surface area contributed by atoms with Gasteiger partial charge in [0, 0.05) is 5.56 Å². The molecule has 3 N–H and O–H groups in total. The van der Waals surface area contributed by atoms with Crippen molar-refractivity contribution in [2.45, 2.75) is 26.2 Å². The van der Waals surface area contributed by atoms with Crippen LogP contribution in [0.25, 0.3) is 0 Å². The summed E-state index contributed by atoms with van der Waals surface area (Å²) < 4.78 is 0. The number of rotatable bonds is 4. The first-order valence-corrected chi connectivity index (χ1v) is 4.84. The van der Waals surface area contributed by atoms with Crippen molar-refractivity contribution in [2.75, 3.05) is 0 Å². The van der Waals surface area contributed by atoms with Gasteiger partial charge in [0.15, 0.2) is 5.84 Å². The first kappa shape index (κ1) is 10.6. The third-order valence-electron chi connectivity index (χ3n) is 2.15. The van der Waals surface area contributed by atoms with Crippen LogP contribution in [0.3, 0.4) is 0 Å². The Labute approximate surface area is 84.2 Å². The van der Waals surface area contributed by atoms with Crippen molar-refractivity contribution >= 4 is 5.84 Å². The van der Waals surface area contributed by atoms with Crippen molar-refractivity contribution in [3.05, 3.63) is 35.4 Å². The second kappa shape index (κ2) is 5.27. The van der Waals surface area contributed by atoms with E-state index in [1.807, 2.05) is 18.2 Å². The number of nitrogens with zero attached hydrogens (tertiary/aromatic N) is 1. The molecular weight excluding hydrogens is 176 g/mol. The van der Waals surface area contributed by atoms with Crippen molar-refractivity contribution < 1.29 is 5.21 Å². The lowest BCUT2D eigenvalue weighted by molar-refractivity contribution is 0.318. The van der Waals surface area contributed by atoms with E-state index >= 15 is 0 Å². The van der Waals surface area contributed by atoms with E-state index in [-0.39, 0.29) is 5.84 Å². The molecule has 0 saturated heterocycles. The van der Waals surface area contributed by atoms with Crippen LogP contribution in [0.1, 0.15) is 30.9 Å². The fourth-order valence-corrected chi connectivity index (χ4v) is 1.32. The van der Waals surface area contributed by atoms with Gasteiger partial charge >= 0.3 is 0 Å². The number of benzene rings is 1. The molecule has 0 saturated carbocycles. The maximum Gasteiger partial charge on any atom is 0.170 e. The Bertz CT molecular complexity index is 321. The number of oxime groups is 1. The molecule has 1 rings (SSSR count). The van der Waals surface area contributed by atoms with Crippen LogP contribution in [0.5, 0.6) is 0 Å². The van der Waals surface area contributed by atoms with Crippen molar-refractivity contribution in [1.82, 2.24) is 0 Å². The molecule has 76 valence electrons. The number of aryl methyl sites for hydroxylation is 1. The largest absolute Gasteiger partial charge is 0.409 e. The van der Waals surface area contributed by atoms with Gasteiger partial charge in [-0.2, -0.15) is 0 Å². The molecule has 3 heteroatoms. The molecule has 0 bridgehead atoms. The van der Waals surface area contributed by atoms with E-state index in [9.17, 15) is 0 Å². The van der Waals surface area contributed by atoms with Crippen LogP contribution >= 0.6 is 0 Å². The first-order valence-electron chi connectivity index (χ1n) is 4.84. The molecule has 0 fully saturated rings. The molecule has 0 aliphatic rings. The minimum atomic E-state index is 0.170. The number of hydrogen-bond acceptors (Lipinski definition) is 2. The number of amidine groups is 1. The fraction of sp³-hybridized carbons (Fsp3) is 0.364. The zero-order chi connectivity index (χ0) is 10.4. The molecule has 3 nitrogen and oxygen atoms in total. The Balaban J connectivity index is 2.79. The highest BCUT2D eigenvalue weighted by molar-refractivity contribution is 5.97. The van der Waals surface area contributed by atoms with E-state index in [0.717, 1.165) is 12.0 Å². The van der Waals surface area contributed by atoms with Crippen molar-refractivity contribution in [3.8, 4) is 0 Å². The van der Waals surface area contributed by atoms with Crippen LogP contribution in [0, 0.1) is 0 Å². The lowest BCUT2D eigenvalue weighted by atomic mass is 10.1. The molecule has 0 unspecified atom stereocenters. The van der Waals surface area contributed by atoms with Crippen molar-refractivity contribution in [2.24, 2.45) is 10.9 Å². The molecule has 0 amide bonds. The van der Waals surface area contributed by atoms with E-state index in [2.05, 4.69) is 18.1 Å². The standard InChI is InChI=1S/C11H16N2O/c1-2-3-5-9-6-4-7-10(8-9)11(12)13-14/h4,6-8,14H,2-3,5H2,1H3,(H2,12,13). The van der Waals surface area contributed by atoms with E-state index in [0.29, 0.717) is 0 Å². The first-order chi connectivity index (χ1) is 6.77. The molecule has 0 atom stereocenters. The minimum Gasteiger partial charge on any atom is -0.409 e. The molecule has 1 aromatic carbocycles. The van der Waals surface area contributed by atoms with Crippen LogP contribution < -0.4 is 5.73 Å². The zero-order valence-electron chi connectivity index (χ0n) is 8.40. The van der Waals surface area contributed by atoms with Gasteiger partial charge in [0.05, 0.1) is 0 Å². The smallest absolute Gasteiger partial charge is 0.170 e. The summed E-state index contributed by atoms with van der Waals surface area (Å²) in [5.74, 6) is 0.170. The van der Waals surface area contributed by atoms with Crippen LogP contribution in [0.2, 0.25) is 0 Å².